The molecule has 0 amide bonds. The van der Waals surface area contributed by atoms with Crippen LogP contribution >= 0.6 is 0 Å². The molecule has 9 nitrogen and oxygen atoms in total. The maximum Gasteiger partial charge on any atom is 0.421 e. The number of hydrogen-bond donors (Lipinski definition) is 0. The summed E-state index contributed by atoms with van der Waals surface area (Å²) in [6.45, 7) is 3.54. The topological polar surface area (TPSA) is 89.1 Å². The molecule has 1 aliphatic heterocycles. The van der Waals surface area contributed by atoms with E-state index in [1.54, 1.807) is 23.1 Å². The van der Waals surface area contributed by atoms with Crippen LogP contribution in [-0.4, -0.2) is 56.8 Å². The predicted octanol–water partition coefficient (Wildman–Crippen LogP) is 5.20. The first-order valence-corrected chi connectivity index (χ1v) is 12.4. The summed E-state index contributed by atoms with van der Waals surface area (Å²) in [7, 11) is 4.09. The summed E-state index contributed by atoms with van der Waals surface area (Å²) in [5.41, 5.74) is 0.197. The highest BCUT2D eigenvalue weighted by Crippen LogP contribution is 2.45. The van der Waals surface area contributed by atoms with Crippen molar-refractivity contribution in [2.45, 2.75) is 50.9 Å². The molecule has 0 aliphatic carbocycles. The fraction of sp³-hybridized carbons (Fsp3) is 0.407. The van der Waals surface area contributed by atoms with E-state index >= 15 is 0 Å². The van der Waals surface area contributed by atoms with Crippen molar-refractivity contribution in [1.82, 2.24) is 29.3 Å². The number of imidazole rings is 1. The van der Waals surface area contributed by atoms with Crippen molar-refractivity contribution in [3.8, 4) is 28.8 Å². The van der Waals surface area contributed by atoms with Gasteiger partial charge in [0.25, 0.3) is 0 Å². The maximum atomic E-state index is 14.0. The number of aryl methyl sites for hydroxylation is 2. The van der Waals surface area contributed by atoms with Gasteiger partial charge in [-0.25, -0.2) is 19.6 Å². The summed E-state index contributed by atoms with van der Waals surface area (Å²) in [6, 6.07) is 8.10. The maximum absolute atomic E-state index is 14.0. The molecular weight excluding hydrogens is 513 g/mol. The number of ether oxygens (including phenoxy) is 3. The Kier molecular flexibility index (Phi) is 6.83. The third kappa shape index (κ3) is 4.62. The Bertz CT molecular complexity index is 1500. The minimum Gasteiger partial charge on any atom is -0.496 e. The lowest BCUT2D eigenvalue weighted by Crippen LogP contribution is -2.41. The Balaban J connectivity index is 1.56. The van der Waals surface area contributed by atoms with Crippen LogP contribution in [0.4, 0.5) is 13.2 Å². The lowest BCUT2D eigenvalue weighted by molar-refractivity contribution is -0.269. The van der Waals surface area contributed by atoms with E-state index in [1.807, 2.05) is 23.8 Å². The van der Waals surface area contributed by atoms with E-state index in [2.05, 4.69) is 15.1 Å². The summed E-state index contributed by atoms with van der Waals surface area (Å²) in [4.78, 5) is 13.7. The first-order valence-electron chi connectivity index (χ1n) is 12.4. The lowest BCUT2D eigenvalue weighted by atomic mass is 9.86. The highest BCUT2D eigenvalue weighted by molar-refractivity contribution is 5.56. The van der Waals surface area contributed by atoms with Gasteiger partial charge in [-0.15, -0.1) is 5.10 Å². The monoisotopic (exact) mass is 542 g/mol. The molecule has 0 bridgehead atoms. The molecule has 0 radical (unpaired) electrons. The summed E-state index contributed by atoms with van der Waals surface area (Å²) in [5.74, 6) is 1.56. The fourth-order valence-electron chi connectivity index (χ4n) is 4.91. The molecule has 1 aliphatic rings. The van der Waals surface area contributed by atoms with E-state index in [4.69, 9.17) is 19.2 Å². The smallest absolute Gasteiger partial charge is 0.421 e. The largest absolute Gasteiger partial charge is 0.496 e. The molecule has 0 saturated carbocycles. The molecule has 5 rings (SSSR count). The summed E-state index contributed by atoms with van der Waals surface area (Å²) >= 11 is 0. The van der Waals surface area contributed by atoms with Crippen LogP contribution in [0.1, 0.15) is 48.3 Å². The third-order valence-electron chi connectivity index (χ3n) is 7.23. The number of pyridine rings is 1. The number of aromatic nitrogens is 6. The molecule has 0 saturated heterocycles. The van der Waals surface area contributed by atoms with Crippen LogP contribution < -0.4 is 9.47 Å². The van der Waals surface area contributed by atoms with Gasteiger partial charge in [-0.05, 0) is 56.5 Å². The highest BCUT2D eigenvalue weighted by Gasteiger charge is 2.53. The lowest BCUT2D eigenvalue weighted by Gasteiger charge is -2.32. The average molecular weight is 543 g/mol. The number of halogens is 3. The van der Waals surface area contributed by atoms with Crippen molar-refractivity contribution in [1.29, 1.82) is 0 Å². The second-order valence-corrected chi connectivity index (χ2v) is 9.55. The van der Waals surface area contributed by atoms with Gasteiger partial charge in [-0.1, -0.05) is 6.07 Å². The van der Waals surface area contributed by atoms with Crippen molar-refractivity contribution in [3.63, 3.8) is 0 Å². The number of fused-ring (bicyclic) bond motifs is 1. The van der Waals surface area contributed by atoms with Gasteiger partial charge < -0.3 is 18.8 Å². The molecule has 1 aromatic carbocycles. The van der Waals surface area contributed by atoms with Gasteiger partial charge in [0, 0.05) is 31.3 Å². The number of methoxy groups -OCH3 is 3. The average Bonchev–Trinajstić information content (AvgIpc) is 3.57. The number of alkyl halides is 3. The van der Waals surface area contributed by atoms with Crippen LogP contribution in [0.3, 0.4) is 0 Å². The fourth-order valence-corrected chi connectivity index (χ4v) is 4.91. The number of hydrogen-bond acceptors (Lipinski definition) is 7. The van der Waals surface area contributed by atoms with E-state index < -0.39 is 11.8 Å². The number of rotatable bonds is 7. The van der Waals surface area contributed by atoms with Crippen molar-refractivity contribution in [2.75, 3.05) is 21.3 Å². The molecule has 0 N–H and O–H groups in total. The minimum atomic E-state index is -4.61. The second kappa shape index (κ2) is 9.99. The Labute approximate surface area is 223 Å². The highest BCUT2D eigenvalue weighted by atomic mass is 19.4. The van der Waals surface area contributed by atoms with Gasteiger partial charge >= 0.3 is 6.18 Å². The SMILES string of the molecule is COc1ccc([C@](C)(OC)C(F)(F)F)cc1[C@H]1CCCn2nc(-c3ccc(-n4cnc(C)c4)c(OC)n3)nc21. The van der Waals surface area contributed by atoms with Gasteiger partial charge in [0.05, 0.1) is 26.2 Å². The van der Waals surface area contributed by atoms with Crippen LogP contribution in [0, 0.1) is 6.92 Å². The quantitative estimate of drug-likeness (QED) is 0.317. The Morgan fingerprint density at radius 3 is 2.46 bits per heavy atom. The molecule has 0 fully saturated rings. The molecule has 0 unspecified atom stereocenters. The van der Waals surface area contributed by atoms with Crippen LogP contribution in [0.25, 0.3) is 17.2 Å². The molecule has 4 aromatic rings. The van der Waals surface area contributed by atoms with Crippen molar-refractivity contribution < 1.29 is 27.4 Å². The molecule has 2 atom stereocenters. The molecule has 4 heterocycles. The van der Waals surface area contributed by atoms with Crippen LogP contribution in [0.2, 0.25) is 0 Å². The molecule has 3 aromatic heterocycles. The zero-order valence-corrected chi connectivity index (χ0v) is 22.3. The van der Waals surface area contributed by atoms with Gasteiger partial charge in [0.15, 0.2) is 11.4 Å². The van der Waals surface area contributed by atoms with Crippen molar-refractivity contribution in [3.05, 3.63) is 65.5 Å². The van der Waals surface area contributed by atoms with Crippen molar-refractivity contribution in [2.24, 2.45) is 0 Å². The first-order chi connectivity index (χ1) is 18.6. The zero-order chi connectivity index (χ0) is 27.9. The van der Waals surface area contributed by atoms with E-state index in [-0.39, 0.29) is 11.5 Å². The normalized spacial score (nSPS) is 17.0. The van der Waals surface area contributed by atoms with E-state index in [0.717, 1.165) is 31.8 Å². The molecular formula is C27H29F3N6O3. The first kappa shape index (κ1) is 26.7. The predicted molar refractivity (Wildman–Crippen MR) is 136 cm³/mol. The minimum absolute atomic E-state index is 0.0121. The zero-order valence-electron chi connectivity index (χ0n) is 22.3. The number of benzene rings is 1. The van der Waals surface area contributed by atoms with Gasteiger partial charge in [0.1, 0.15) is 23.0 Å². The Hall–Kier alpha value is -3.93. The molecule has 0 spiro atoms. The van der Waals surface area contributed by atoms with Gasteiger partial charge in [0.2, 0.25) is 5.88 Å². The molecule has 12 heteroatoms. The second-order valence-electron chi connectivity index (χ2n) is 9.55. The molecule has 206 valence electrons. The van der Waals surface area contributed by atoms with Gasteiger partial charge in [-0.2, -0.15) is 13.2 Å². The Morgan fingerprint density at radius 1 is 1.03 bits per heavy atom. The van der Waals surface area contributed by atoms with Crippen LogP contribution in [0.5, 0.6) is 11.6 Å². The summed E-state index contributed by atoms with van der Waals surface area (Å²) < 4.78 is 61.6. The van der Waals surface area contributed by atoms with Crippen LogP contribution in [0.15, 0.2) is 42.9 Å². The van der Waals surface area contributed by atoms with Gasteiger partial charge in [-0.3, -0.25) is 0 Å². The van der Waals surface area contributed by atoms with Crippen molar-refractivity contribution >= 4 is 0 Å². The third-order valence-corrected chi connectivity index (χ3v) is 7.23. The van der Waals surface area contributed by atoms with E-state index in [9.17, 15) is 13.2 Å². The van der Waals surface area contributed by atoms with E-state index in [1.165, 1.54) is 26.4 Å². The summed E-state index contributed by atoms with van der Waals surface area (Å²) in [6.07, 6.45) is 0.376. The number of nitrogens with zero attached hydrogens (tertiary/aromatic N) is 6. The standard InChI is InChI=1S/C27H29F3N6O3/c1-16-14-35(15-31-16)21-10-9-20(32-25(21)38-4)23-33-24-18(7-6-12-36(24)34-23)19-13-17(8-11-22(19)37-3)26(2,39-5)27(28,29)30/h8-11,13-15,18H,6-7,12H2,1-5H3/t18-,26+/m1/s1. The molecule has 39 heavy (non-hydrogen) atoms. The van der Waals surface area contributed by atoms with Crippen LogP contribution in [-0.2, 0) is 16.9 Å². The Morgan fingerprint density at radius 2 is 1.82 bits per heavy atom. The van der Waals surface area contributed by atoms with E-state index in [0.29, 0.717) is 47.5 Å². The summed E-state index contributed by atoms with van der Waals surface area (Å²) in [5, 5.41) is 4.68.